The van der Waals surface area contributed by atoms with Gasteiger partial charge in [0.2, 0.25) is 0 Å². The Bertz CT molecular complexity index is 917. The second-order valence-corrected chi connectivity index (χ2v) is 7.26. The molecule has 170 valence electrons. The van der Waals surface area contributed by atoms with Crippen molar-refractivity contribution in [3.63, 3.8) is 0 Å². The van der Waals surface area contributed by atoms with Crippen LogP contribution in [0.25, 0.3) is 11.1 Å². The van der Waals surface area contributed by atoms with E-state index in [0.717, 1.165) is 22.3 Å². The number of rotatable bonds is 11. The van der Waals surface area contributed by atoms with E-state index >= 15 is 0 Å². The molecular formula is C23H26N2O7. The van der Waals surface area contributed by atoms with Crippen LogP contribution in [0.3, 0.4) is 0 Å². The average molecular weight is 442 g/mol. The van der Waals surface area contributed by atoms with Crippen molar-refractivity contribution < 1.29 is 33.8 Å². The topological polar surface area (TPSA) is 123 Å². The fourth-order valence-corrected chi connectivity index (χ4v) is 3.64. The van der Waals surface area contributed by atoms with Gasteiger partial charge in [0, 0.05) is 19.4 Å². The molecule has 0 spiro atoms. The zero-order valence-electron chi connectivity index (χ0n) is 17.7. The van der Waals surface area contributed by atoms with Crippen LogP contribution in [0.1, 0.15) is 29.9 Å². The molecule has 0 bridgehead atoms. The number of hydrogen-bond donors (Lipinski definition) is 3. The zero-order valence-corrected chi connectivity index (χ0v) is 17.7. The number of alkyl carbamates (subject to hydrolysis) is 1. The van der Waals surface area contributed by atoms with Gasteiger partial charge in [0.05, 0.1) is 13.2 Å². The van der Waals surface area contributed by atoms with Crippen LogP contribution in [0.15, 0.2) is 48.5 Å². The van der Waals surface area contributed by atoms with Crippen LogP contribution in [0.4, 0.5) is 4.79 Å². The standard InChI is InChI=1S/C23H26N2O7/c1-30-12-13-32-25-22(28)20(10-11-21(26)27)24-23(29)31-14-19-17-8-4-2-6-15(17)16-7-3-5-9-18(16)19/h2-9,19-20H,10-14H2,1H3,(H,24,29)(H,25,28)(H,26,27). The summed E-state index contributed by atoms with van der Waals surface area (Å²) >= 11 is 0. The molecule has 2 aromatic carbocycles. The molecule has 1 atom stereocenters. The number of carboxylic acids is 1. The molecule has 9 nitrogen and oxygen atoms in total. The molecule has 3 rings (SSSR count). The molecule has 1 unspecified atom stereocenters. The molecule has 9 heteroatoms. The predicted octanol–water partition coefficient (Wildman–Crippen LogP) is 2.45. The van der Waals surface area contributed by atoms with Crippen LogP contribution in [-0.4, -0.2) is 56.0 Å². The molecule has 32 heavy (non-hydrogen) atoms. The third-order valence-corrected chi connectivity index (χ3v) is 5.16. The summed E-state index contributed by atoms with van der Waals surface area (Å²) in [5.74, 6) is -1.88. The van der Waals surface area contributed by atoms with E-state index in [-0.39, 0.29) is 38.6 Å². The third kappa shape index (κ3) is 5.83. The molecule has 0 saturated carbocycles. The fourth-order valence-electron chi connectivity index (χ4n) is 3.64. The van der Waals surface area contributed by atoms with Gasteiger partial charge >= 0.3 is 12.1 Å². The minimum Gasteiger partial charge on any atom is -0.481 e. The first kappa shape index (κ1) is 23.2. The van der Waals surface area contributed by atoms with Crippen molar-refractivity contribution in [2.24, 2.45) is 0 Å². The van der Waals surface area contributed by atoms with Crippen LogP contribution in [0, 0.1) is 0 Å². The number of hydrogen-bond acceptors (Lipinski definition) is 6. The molecule has 2 amide bonds. The summed E-state index contributed by atoms with van der Waals surface area (Å²) in [7, 11) is 1.49. The lowest BCUT2D eigenvalue weighted by Gasteiger charge is -2.19. The summed E-state index contributed by atoms with van der Waals surface area (Å²) in [5, 5.41) is 11.4. The molecule has 0 heterocycles. The minimum absolute atomic E-state index is 0.0808. The lowest BCUT2D eigenvalue weighted by atomic mass is 9.98. The largest absolute Gasteiger partial charge is 0.481 e. The molecule has 3 N–H and O–H groups in total. The number of ether oxygens (including phenoxy) is 2. The van der Waals surface area contributed by atoms with Crippen molar-refractivity contribution in [1.29, 1.82) is 0 Å². The molecule has 0 saturated heterocycles. The van der Waals surface area contributed by atoms with Gasteiger partial charge in [-0.25, -0.2) is 10.3 Å². The summed E-state index contributed by atoms with van der Waals surface area (Å²) < 4.78 is 10.2. The minimum atomic E-state index is -1.12. The highest BCUT2D eigenvalue weighted by Crippen LogP contribution is 2.44. The number of nitrogens with one attached hydrogen (secondary N) is 2. The Labute approximate surface area is 185 Å². The van der Waals surface area contributed by atoms with Crippen molar-refractivity contribution in [3.8, 4) is 11.1 Å². The first-order chi connectivity index (χ1) is 15.5. The van der Waals surface area contributed by atoms with E-state index in [1.165, 1.54) is 7.11 Å². The predicted molar refractivity (Wildman–Crippen MR) is 115 cm³/mol. The second-order valence-electron chi connectivity index (χ2n) is 7.26. The number of carboxylic acid groups (broad SMARTS) is 1. The maximum absolute atomic E-state index is 12.4. The van der Waals surface area contributed by atoms with E-state index in [1.54, 1.807) is 0 Å². The number of hydroxylamine groups is 1. The Balaban J connectivity index is 1.61. The number of methoxy groups -OCH3 is 1. The van der Waals surface area contributed by atoms with Gasteiger partial charge in [0.25, 0.3) is 5.91 Å². The van der Waals surface area contributed by atoms with Crippen LogP contribution < -0.4 is 10.8 Å². The van der Waals surface area contributed by atoms with E-state index < -0.39 is 24.0 Å². The first-order valence-electron chi connectivity index (χ1n) is 10.2. The molecule has 0 aromatic heterocycles. The van der Waals surface area contributed by atoms with Crippen molar-refractivity contribution in [2.75, 3.05) is 26.9 Å². The van der Waals surface area contributed by atoms with E-state index in [1.807, 2.05) is 48.5 Å². The SMILES string of the molecule is COCCONC(=O)C(CCC(=O)O)NC(=O)OCC1c2ccccc2-c2ccccc21. The maximum Gasteiger partial charge on any atom is 0.407 e. The number of fused-ring (bicyclic) bond motifs is 3. The second kappa shape index (κ2) is 11.3. The molecule has 0 fully saturated rings. The Hall–Kier alpha value is -3.43. The van der Waals surface area contributed by atoms with Gasteiger partial charge in [0.15, 0.2) is 0 Å². The lowest BCUT2D eigenvalue weighted by molar-refractivity contribution is -0.139. The van der Waals surface area contributed by atoms with E-state index in [9.17, 15) is 14.4 Å². The van der Waals surface area contributed by atoms with Gasteiger partial charge in [-0.15, -0.1) is 0 Å². The summed E-state index contributed by atoms with van der Waals surface area (Å²) in [6, 6.07) is 14.8. The van der Waals surface area contributed by atoms with Crippen LogP contribution in [0.2, 0.25) is 0 Å². The summed E-state index contributed by atoms with van der Waals surface area (Å²) in [6.45, 7) is 0.455. The van der Waals surface area contributed by atoms with Gasteiger partial charge in [-0.1, -0.05) is 48.5 Å². The maximum atomic E-state index is 12.4. The van der Waals surface area contributed by atoms with Crippen molar-refractivity contribution in [1.82, 2.24) is 10.8 Å². The molecule has 0 aliphatic heterocycles. The molecule has 2 aromatic rings. The highest BCUT2D eigenvalue weighted by atomic mass is 16.7. The van der Waals surface area contributed by atoms with Crippen LogP contribution in [-0.2, 0) is 23.9 Å². The molecular weight excluding hydrogens is 416 g/mol. The van der Waals surface area contributed by atoms with Crippen LogP contribution in [0.5, 0.6) is 0 Å². The normalized spacial score (nSPS) is 13.0. The summed E-state index contributed by atoms with van der Waals surface area (Å²) in [5.41, 5.74) is 6.52. The van der Waals surface area contributed by atoms with Gasteiger partial charge in [-0.05, 0) is 28.7 Å². The van der Waals surface area contributed by atoms with Gasteiger partial charge < -0.3 is 19.9 Å². The Morgan fingerprint density at radius 1 is 1.00 bits per heavy atom. The van der Waals surface area contributed by atoms with E-state index in [2.05, 4.69) is 10.8 Å². The number of carbonyl (C=O) groups excluding carboxylic acids is 2. The summed E-state index contributed by atoms with van der Waals surface area (Å²) in [6.07, 6.45) is -1.23. The Morgan fingerprint density at radius 2 is 1.62 bits per heavy atom. The third-order valence-electron chi connectivity index (χ3n) is 5.16. The van der Waals surface area contributed by atoms with E-state index in [4.69, 9.17) is 19.4 Å². The van der Waals surface area contributed by atoms with Gasteiger partial charge in [0.1, 0.15) is 12.6 Å². The Kier molecular flexibility index (Phi) is 8.18. The van der Waals surface area contributed by atoms with Crippen molar-refractivity contribution >= 4 is 18.0 Å². The number of amides is 2. The number of aliphatic carboxylic acids is 1. The van der Waals surface area contributed by atoms with Gasteiger partial charge in [-0.2, -0.15) is 0 Å². The molecule has 1 aliphatic rings. The van der Waals surface area contributed by atoms with Crippen molar-refractivity contribution in [2.45, 2.75) is 24.8 Å². The first-order valence-corrected chi connectivity index (χ1v) is 10.2. The highest BCUT2D eigenvalue weighted by Gasteiger charge is 2.30. The monoisotopic (exact) mass is 442 g/mol. The summed E-state index contributed by atoms with van der Waals surface area (Å²) in [4.78, 5) is 40.6. The molecule has 0 radical (unpaired) electrons. The lowest BCUT2D eigenvalue weighted by Crippen LogP contribution is -2.47. The average Bonchev–Trinajstić information content (AvgIpc) is 3.11. The van der Waals surface area contributed by atoms with Crippen molar-refractivity contribution in [3.05, 3.63) is 59.7 Å². The highest BCUT2D eigenvalue weighted by molar-refractivity contribution is 5.85. The number of benzene rings is 2. The zero-order chi connectivity index (χ0) is 22.9. The fraction of sp³-hybridized carbons (Fsp3) is 0.348. The number of carbonyl (C=O) groups is 3. The quantitative estimate of drug-likeness (QED) is 0.361. The molecule has 1 aliphatic carbocycles. The Morgan fingerprint density at radius 3 is 2.22 bits per heavy atom. The smallest absolute Gasteiger partial charge is 0.407 e. The van der Waals surface area contributed by atoms with E-state index in [0.29, 0.717) is 0 Å². The van der Waals surface area contributed by atoms with Gasteiger partial charge in [-0.3, -0.25) is 14.4 Å². The van der Waals surface area contributed by atoms with Crippen LogP contribution >= 0.6 is 0 Å².